The second-order valence-electron chi connectivity index (χ2n) is 9.90. The van der Waals surface area contributed by atoms with Crippen LogP contribution in [0, 0.1) is 5.41 Å². The van der Waals surface area contributed by atoms with Gasteiger partial charge >= 0.3 is 0 Å². The van der Waals surface area contributed by atoms with Gasteiger partial charge in [0.2, 0.25) is 0 Å². The monoisotopic (exact) mass is 443 g/mol. The fourth-order valence-electron chi connectivity index (χ4n) is 5.06. The molecule has 0 unspecified atom stereocenters. The van der Waals surface area contributed by atoms with Gasteiger partial charge in [-0.05, 0) is 48.4 Å². The van der Waals surface area contributed by atoms with Crippen molar-refractivity contribution in [2.24, 2.45) is 5.41 Å². The number of rotatable bonds is 2. The van der Waals surface area contributed by atoms with E-state index in [0.717, 1.165) is 72.3 Å². The van der Waals surface area contributed by atoms with Gasteiger partial charge in [-0.1, -0.05) is 19.9 Å². The molecule has 0 amide bonds. The van der Waals surface area contributed by atoms with Crippen LogP contribution in [0.3, 0.4) is 0 Å². The average molecular weight is 444 g/mol. The number of nitrogens with zero attached hydrogens (tertiary/aromatic N) is 4. The highest BCUT2D eigenvalue weighted by Crippen LogP contribution is 2.39. The third-order valence-electron chi connectivity index (χ3n) is 6.88. The van der Waals surface area contributed by atoms with Gasteiger partial charge in [-0.15, -0.1) is 0 Å². The van der Waals surface area contributed by atoms with E-state index in [9.17, 15) is 0 Å². The summed E-state index contributed by atoms with van der Waals surface area (Å²) in [6.07, 6.45) is 6.82. The number of nitrogens with one attached hydrogen (secondary N) is 1. The molecule has 0 atom stereocenters. The maximum absolute atomic E-state index is 6.13. The van der Waals surface area contributed by atoms with Crippen molar-refractivity contribution in [2.75, 3.05) is 36.5 Å². The van der Waals surface area contributed by atoms with Crippen LogP contribution in [0.1, 0.15) is 37.1 Å². The van der Waals surface area contributed by atoms with E-state index < -0.39 is 0 Å². The number of aromatic nitrogens is 3. The molecule has 2 aliphatic heterocycles. The first-order valence-corrected chi connectivity index (χ1v) is 11.8. The highest BCUT2D eigenvalue weighted by atomic mass is 16.5. The molecular weight excluding hydrogens is 414 g/mol. The smallest absolute Gasteiger partial charge is 0.168 e. The zero-order valence-electron chi connectivity index (χ0n) is 19.2. The molecule has 0 fully saturated rings. The van der Waals surface area contributed by atoms with Crippen molar-refractivity contribution in [1.82, 2.24) is 15.0 Å². The molecule has 3 aromatic rings. The molecule has 1 N–H and O–H groups in total. The molecule has 0 spiro atoms. The summed E-state index contributed by atoms with van der Waals surface area (Å²) in [5.74, 6) is 3.62. The maximum Gasteiger partial charge on any atom is 0.168 e. The molecule has 33 heavy (non-hydrogen) atoms. The third kappa shape index (κ3) is 3.86. The van der Waals surface area contributed by atoms with E-state index in [4.69, 9.17) is 14.5 Å². The summed E-state index contributed by atoms with van der Waals surface area (Å²) < 4.78 is 11.9. The van der Waals surface area contributed by atoms with Crippen LogP contribution in [-0.4, -0.2) is 41.3 Å². The number of pyridine rings is 1. The van der Waals surface area contributed by atoms with E-state index in [2.05, 4.69) is 58.3 Å². The van der Waals surface area contributed by atoms with Crippen molar-refractivity contribution in [3.05, 3.63) is 53.6 Å². The molecule has 0 saturated heterocycles. The topological polar surface area (TPSA) is 72.4 Å². The van der Waals surface area contributed by atoms with Crippen LogP contribution in [0.25, 0.3) is 11.1 Å². The van der Waals surface area contributed by atoms with E-state index in [1.54, 1.807) is 6.33 Å². The van der Waals surface area contributed by atoms with Crippen molar-refractivity contribution < 1.29 is 9.47 Å². The molecule has 1 aliphatic carbocycles. The maximum atomic E-state index is 6.13. The van der Waals surface area contributed by atoms with E-state index in [0.29, 0.717) is 13.2 Å². The lowest BCUT2D eigenvalue weighted by Crippen LogP contribution is -2.31. The van der Waals surface area contributed by atoms with Crippen LogP contribution in [0.15, 0.2) is 36.8 Å². The number of benzene rings is 1. The Hall–Kier alpha value is -3.35. The second kappa shape index (κ2) is 7.90. The van der Waals surface area contributed by atoms with Crippen molar-refractivity contribution in [2.45, 2.75) is 39.7 Å². The van der Waals surface area contributed by atoms with Gasteiger partial charge in [-0.25, -0.2) is 15.0 Å². The minimum absolute atomic E-state index is 0.274. The Morgan fingerprint density at radius 1 is 1.00 bits per heavy atom. The lowest BCUT2D eigenvalue weighted by Gasteiger charge is -2.33. The summed E-state index contributed by atoms with van der Waals surface area (Å²) >= 11 is 0. The number of fused-ring (bicyclic) bond motifs is 3. The van der Waals surface area contributed by atoms with Gasteiger partial charge in [0.25, 0.3) is 0 Å². The summed E-state index contributed by atoms with van der Waals surface area (Å²) in [5, 5.41) is 3.28. The van der Waals surface area contributed by atoms with Crippen LogP contribution in [-0.2, 0) is 19.4 Å². The molecule has 6 rings (SSSR count). The largest absolute Gasteiger partial charge is 0.491 e. The third-order valence-corrected chi connectivity index (χ3v) is 6.88. The molecule has 4 heterocycles. The number of hydrogen-bond acceptors (Lipinski definition) is 7. The minimum Gasteiger partial charge on any atom is -0.491 e. The lowest BCUT2D eigenvalue weighted by atomic mass is 9.76. The van der Waals surface area contributed by atoms with Gasteiger partial charge in [-0.3, -0.25) is 0 Å². The van der Waals surface area contributed by atoms with Crippen molar-refractivity contribution in [1.29, 1.82) is 0 Å². The Balaban J connectivity index is 1.34. The Bertz CT molecular complexity index is 1210. The van der Waals surface area contributed by atoms with Crippen LogP contribution in [0.2, 0.25) is 0 Å². The second-order valence-corrected chi connectivity index (χ2v) is 9.90. The van der Waals surface area contributed by atoms with Crippen LogP contribution in [0.5, 0.6) is 11.5 Å². The Labute approximate surface area is 194 Å². The van der Waals surface area contributed by atoms with Crippen molar-refractivity contribution in [3.63, 3.8) is 0 Å². The number of ether oxygens (including phenoxy) is 2. The first-order chi connectivity index (χ1) is 16.1. The fourth-order valence-corrected chi connectivity index (χ4v) is 5.06. The predicted molar refractivity (Wildman–Crippen MR) is 128 cm³/mol. The van der Waals surface area contributed by atoms with Gasteiger partial charge in [0, 0.05) is 35.1 Å². The van der Waals surface area contributed by atoms with E-state index in [1.807, 2.05) is 6.20 Å². The van der Waals surface area contributed by atoms with E-state index >= 15 is 0 Å². The summed E-state index contributed by atoms with van der Waals surface area (Å²) in [7, 11) is 0. The predicted octanol–water partition coefficient (Wildman–Crippen LogP) is 4.26. The molecule has 0 saturated carbocycles. The highest BCUT2D eigenvalue weighted by molar-refractivity contribution is 5.70. The van der Waals surface area contributed by atoms with Crippen LogP contribution >= 0.6 is 0 Å². The quantitative estimate of drug-likeness (QED) is 0.635. The van der Waals surface area contributed by atoms with Crippen LogP contribution in [0.4, 0.5) is 11.6 Å². The van der Waals surface area contributed by atoms with Gasteiger partial charge in [-0.2, -0.15) is 0 Å². The number of anilines is 2. The van der Waals surface area contributed by atoms with Gasteiger partial charge in [0.15, 0.2) is 11.6 Å². The zero-order valence-corrected chi connectivity index (χ0v) is 19.2. The van der Waals surface area contributed by atoms with Gasteiger partial charge in [0.05, 0.1) is 13.1 Å². The van der Waals surface area contributed by atoms with Crippen LogP contribution < -0.4 is 19.7 Å². The van der Waals surface area contributed by atoms with E-state index in [1.165, 1.54) is 17.7 Å². The minimum atomic E-state index is 0.274. The SMILES string of the molecule is CC1(C)CCc2ncnc(N3CCOc4ccc(-c5cnc6c(c5)OCCN6)cc4C3)c2C1. The van der Waals surface area contributed by atoms with Crippen molar-refractivity contribution in [3.8, 4) is 22.6 Å². The molecule has 1 aromatic carbocycles. The normalized spacial score (nSPS) is 18.5. The lowest BCUT2D eigenvalue weighted by molar-refractivity contribution is 0.310. The Morgan fingerprint density at radius 3 is 2.85 bits per heavy atom. The number of aryl methyl sites for hydroxylation is 1. The van der Waals surface area contributed by atoms with Gasteiger partial charge in [0.1, 0.15) is 31.1 Å². The molecule has 0 bridgehead atoms. The first kappa shape index (κ1) is 20.3. The average Bonchev–Trinajstić information content (AvgIpc) is 3.04. The summed E-state index contributed by atoms with van der Waals surface area (Å²) in [5.41, 5.74) is 6.08. The molecule has 0 radical (unpaired) electrons. The Morgan fingerprint density at radius 2 is 1.91 bits per heavy atom. The molecule has 7 heteroatoms. The number of hydrogen-bond donors (Lipinski definition) is 1. The summed E-state index contributed by atoms with van der Waals surface area (Å²) in [6.45, 7) is 8.31. The van der Waals surface area contributed by atoms with Gasteiger partial charge < -0.3 is 19.7 Å². The molecular formula is C26H29N5O2. The highest BCUT2D eigenvalue weighted by Gasteiger charge is 2.30. The standard InChI is InChI=1S/C26H29N5O2/c1-26(2)6-5-21-20(13-26)25(30-16-29-21)31-8-10-33-22-4-3-17(11-19(22)15-31)18-12-23-24(28-14-18)27-7-9-32-23/h3-4,11-12,14,16H,5-10,13,15H2,1-2H3,(H,27,28). The molecule has 7 nitrogen and oxygen atoms in total. The van der Waals surface area contributed by atoms with E-state index in [-0.39, 0.29) is 5.41 Å². The Kier molecular flexibility index (Phi) is 4.85. The summed E-state index contributed by atoms with van der Waals surface area (Å²) in [6, 6.07) is 8.45. The van der Waals surface area contributed by atoms with Crippen molar-refractivity contribution >= 4 is 11.6 Å². The molecule has 2 aromatic heterocycles. The first-order valence-electron chi connectivity index (χ1n) is 11.8. The summed E-state index contributed by atoms with van der Waals surface area (Å²) in [4.78, 5) is 16.3. The molecule has 3 aliphatic rings. The zero-order chi connectivity index (χ0) is 22.4. The fraction of sp³-hybridized carbons (Fsp3) is 0.423. The molecule has 170 valence electrons.